The molecule has 3 nitrogen and oxygen atoms in total. The summed E-state index contributed by atoms with van der Waals surface area (Å²) < 4.78 is 10.8. The van der Waals surface area contributed by atoms with Gasteiger partial charge in [0, 0.05) is 19.6 Å². The molecular formula is C14H18O3. The van der Waals surface area contributed by atoms with E-state index in [1.165, 1.54) is 0 Å². The molecule has 1 aliphatic heterocycles. The topological polar surface area (TPSA) is 35.5 Å². The van der Waals surface area contributed by atoms with E-state index in [1.807, 2.05) is 31.2 Å². The van der Waals surface area contributed by atoms with Crippen LogP contribution >= 0.6 is 0 Å². The monoisotopic (exact) mass is 234 g/mol. The summed E-state index contributed by atoms with van der Waals surface area (Å²) in [5.74, 6) is 1.22. The molecule has 1 unspecified atom stereocenters. The molecule has 17 heavy (non-hydrogen) atoms. The molecule has 1 atom stereocenters. The first-order valence-corrected chi connectivity index (χ1v) is 6.14. The third kappa shape index (κ3) is 3.07. The highest BCUT2D eigenvalue weighted by atomic mass is 16.5. The highest BCUT2D eigenvalue weighted by molar-refractivity contribution is 5.98. The molecule has 1 aliphatic rings. The van der Waals surface area contributed by atoms with Crippen molar-refractivity contribution in [2.24, 2.45) is 5.92 Å². The highest BCUT2D eigenvalue weighted by Gasteiger charge is 2.21. The van der Waals surface area contributed by atoms with Crippen LogP contribution in [0, 0.1) is 5.92 Å². The van der Waals surface area contributed by atoms with Crippen LogP contribution in [-0.4, -0.2) is 25.6 Å². The molecule has 0 spiro atoms. The van der Waals surface area contributed by atoms with Gasteiger partial charge in [0.25, 0.3) is 0 Å². The lowest BCUT2D eigenvalue weighted by Crippen LogP contribution is -2.10. The molecule has 0 bridgehead atoms. The molecule has 92 valence electrons. The Balaban J connectivity index is 2.06. The van der Waals surface area contributed by atoms with Gasteiger partial charge in [0.1, 0.15) is 5.75 Å². The zero-order valence-corrected chi connectivity index (χ0v) is 10.1. The summed E-state index contributed by atoms with van der Waals surface area (Å²) in [6, 6.07) is 7.45. The molecule has 1 saturated heterocycles. The molecule has 1 fully saturated rings. The summed E-state index contributed by atoms with van der Waals surface area (Å²) in [7, 11) is 0. The lowest BCUT2D eigenvalue weighted by atomic mass is 9.97. The molecule has 1 aromatic rings. The Morgan fingerprint density at radius 2 is 2.29 bits per heavy atom. The average molecular weight is 234 g/mol. The van der Waals surface area contributed by atoms with E-state index >= 15 is 0 Å². The van der Waals surface area contributed by atoms with Gasteiger partial charge in [0.2, 0.25) is 0 Å². The Kier molecular flexibility index (Phi) is 4.15. The number of rotatable bonds is 5. The van der Waals surface area contributed by atoms with Crippen LogP contribution in [0.4, 0.5) is 0 Å². The van der Waals surface area contributed by atoms with Crippen molar-refractivity contribution in [3.8, 4) is 5.75 Å². The Bertz CT molecular complexity index is 381. The van der Waals surface area contributed by atoms with Crippen LogP contribution in [0.2, 0.25) is 0 Å². The first kappa shape index (κ1) is 12.1. The lowest BCUT2D eigenvalue weighted by Gasteiger charge is -2.11. The second kappa shape index (κ2) is 5.82. The number of para-hydroxylation sites is 1. The van der Waals surface area contributed by atoms with Gasteiger partial charge in [-0.25, -0.2) is 0 Å². The van der Waals surface area contributed by atoms with Crippen molar-refractivity contribution in [3.05, 3.63) is 29.8 Å². The van der Waals surface area contributed by atoms with Crippen LogP contribution in [0.3, 0.4) is 0 Å². The quantitative estimate of drug-likeness (QED) is 0.735. The number of carbonyl (C=O) groups excluding carboxylic acids is 1. The number of ether oxygens (including phenoxy) is 2. The van der Waals surface area contributed by atoms with Crippen LogP contribution < -0.4 is 4.74 Å². The first-order valence-electron chi connectivity index (χ1n) is 6.14. The van der Waals surface area contributed by atoms with Crippen molar-refractivity contribution in [2.45, 2.75) is 19.8 Å². The average Bonchev–Trinajstić information content (AvgIpc) is 2.83. The number of hydrogen-bond donors (Lipinski definition) is 0. The van der Waals surface area contributed by atoms with Crippen LogP contribution in [0.1, 0.15) is 30.1 Å². The number of carbonyl (C=O) groups is 1. The van der Waals surface area contributed by atoms with Crippen molar-refractivity contribution < 1.29 is 14.3 Å². The van der Waals surface area contributed by atoms with Gasteiger partial charge in [-0.15, -0.1) is 0 Å². The summed E-state index contributed by atoms with van der Waals surface area (Å²) in [4.78, 5) is 12.2. The van der Waals surface area contributed by atoms with E-state index in [9.17, 15) is 4.79 Å². The van der Waals surface area contributed by atoms with Crippen LogP contribution in [-0.2, 0) is 4.74 Å². The van der Waals surface area contributed by atoms with E-state index in [4.69, 9.17) is 9.47 Å². The summed E-state index contributed by atoms with van der Waals surface area (Å²) in [6.45, 7) is 4.00. The van der Waals surface area contributed by atoms with Crippen LogP contribution in [0.15, 0.2) is 24.3 Å². The zero-order valence-electron chi connectivity index (χ0n) is 10.1. The maximum absolute atomic E-state index is 12.2. The smallest absolute Gasteiger partial charge is 0.166 e. The fourth-order valence-corrected chi connectivity index (χ4v) is 2.09. The van der Waals surface area contributed by atoms with Gasteiger partial charge in [-0.3, -0.25) is 4.79 Å². The van der Waals surface area contributed by atoms with Gasteiger partial charge >= 0.3 is 0 Å². The predicted octanol–water partition coefficient (Wildman–Crippen LogP) is 2.69. The second-order valence-corrected chi connectivity index (χ2v) is 4.29. The van der Waals surface area contributed by atoms with Crippen molar-refractivity contribution >= 4 is 5.78 Å². The molecule has 3 heteroatoms. The lowest BCUT2D eigenvalue weighted by molar-refractivity contribution is 0.0949. The summed E-state index contributed by atoms with van der Waals surface area (Å²) in [5, 5.41) is 0. The minimum Gasteiger partial charge on any atom is -0.493 e. The third-order valence-electron chi connectivity index (χ3n) is 2.99. The highest BCUT2D eigenvalue weighted by Crippen LogP contribution is 2.24. The molecule has 0 radical (unpaired) electrons. The van der Waals surface area contributed by atoms with E-state index in [2.05, 4.69) is 0 Å². The van der Waals surface area contributed by atoms with E-state index < -0.39 is 0 Å². The molecular weight excluding hydrogens is 216 g/mol. The first-order chi connectivity index (χ1) is 8.31. The Morgan fingerprint density at radius 1 is 1.47 bits per heavy atom. The van der Waals surface area contributed by atoms with Gasteiger partial charge in [0.05, 0.1) is 12.2 Å². The maximum Gasteiger partial charge on any atom is 0.166 e. The number of Topliss-reactive ketones (excluding diaryl/α,β-unsaturated/α-hetero) is 1. The largest absolute Gasteiger partial charge is 0.493 e. The number of ketones is 1. The minimum absolute atomic E-state index is 0.157. The Morgan fingerprint density at radius 3 is 3.00 bits per heavy atom. The van der Waals surface area contributed by atoms with Crippen molar-refractivity contribution in [1.82, 2.24) is 0 Å². The predicted molar refractivity (Wildman–Crippen MR) is 65.5 cm³/mol. The fourth-order valence-electron chi connectivity index (χ4n) is 2.09. The number of benzene rings is 1. The number of hydrogen-bond acceptors (Lipinski definition) is 3. The Labute approximate surface area is 102 Å². The second-order valence-electron chi connectivity index (χ2n) is 4.29. The third-order valence-corrected chi connectivity index (χ3v) is 2.99. The van der Waals surface area contributed by atoms with E-state index in [1.54, 1.807) is 0 Å². The minimum atomic E-state index is 0.157. The summed E-state index contributed by atoms with van der Waals surface area (Å²) in [5.41, 5.74) is 0.696. The van der Waals surface area contributed by atoms with Gasteiger partial charge in [-0.1, -0.05) is 12.1 Å². The molecule has 0 aromatic heterocycles. The van der Waals surface area contributed by atoms with Gasteiger partial charge < -0.3 is 9.47 Å². The van der Waals surface area contributed by atoms with Crippen molar-refractivity contribution in [1.29, 1.82) is 0 Å². The Hall–Kier alpha value is -1.35. The summed E-state index contributed by atoms with van der Waals surface area (Å²) >= 11 is 0. The van der Waals surface area contributed by atoms with E-state index in [-0.39, 0.29) is 5.78 Å². The van der Waals surface area contributed by atoms with E-state index in [0.29, 0.717) is 36.9 Å². The van der Waals surface area contributed by atoms with Crippen LogP contribution in [0.25, 0.3) is 0 Å². The molecule has 0 N–H and O–H groups in total. The fraction of sp³-hybridized carbons (Fsp3) is 0.500. The molecule has 0 aliphatic carbocycles. The van der Waals surface area contributed by atoms with Gasteiger partial charge in [-0.2, -0.15) is 0 Å². The summed E-state index contributed by atoms with van der Waals surface area (Å²) in [6.07, 6.45) is 1.55. The van der Waals surface area contributed by atoms with Gasteiger partial charge in [-0.05, 0) is 31.4 Å². The maximum atomic E-state index is 12.2. The van der Waals surface area contributed by atoms with E-state index in [0.717, 1.165) is 13.0 Å². The molecule has 0 amide bonds. The molecule has 1 heterocycles. The molecule has 1 aromatic carbocycles. The SMILES string of the molecule is CCOc1ccccc1C(=O)CC1CCOC1. The van der Waals surface area contributed by atoms with Gasteiger partial charge in [0.15, 0.2) is 5.78 Å². The molecule has 2 rings (SSSR count). The standard InChI is InChI=1S/C14H18O3/c1-2-17-14-6-4-3-5-12(14)13(15)9-11-7-8-16-10-11/h3-6,11H,2,7-10H2,1H3. The zero-order chi connectivity index (χ0) is 12.1. The normalized spacial score (nSPS) is 19.2. The molecule has 0 saturated carbocycles. The van der Waals surface area contributed by atoms with Crippen molar-refractivity contribution in [2.75, 3.05) is 19.8 Å². The van der Waals surface area contributed by atoms with Crippen LogP contribution in [0.5, 0.6) is 5.75 Å². The van der Waals surface area contributed by atoms with Crippen molar-refractivity contribution in [3.63, 3.8) is 0 Å².